The number of fused-ring (bicyclic) bond motifs is 1. The Morgan fingerprint density at radius 2 is 1.97 bits per heavy atom. The molecule has 0 atom stereocenters. The van der Waals surface area contributed by atoms with Crippen LogP contribution in [0.1, 0.15) is 37.0 Å². The zero-order valence-corrected chi connectivity index (χ0v) is 19.6. The van der Waals surface area contributed by atoms with Gasteiger partial charge < -0.3 is 5.32 Å². The molecule has 0 spiro atoms. The lowest BCUT2D eigenvalue weighted by atomic mass is 10.1. The van der Waals surface area contributed by atoms with Gasteiger partial charge in [0.25, 0.3) is 11.7 Å². The highest BCUT2D eigenvalue weighted by Crippen LogP contribution is 2.29. The van der Waals surface area contributed by atoms with Crippen molar-refractivity contribution in [1.82, 2.24) is 49.9 Å². The molecule has 5 rings (SSSR count). The van der Waals surface area contributed by atoms with E-state index in [9.17, 15) is 4.79 Å². The minimum Gasteiger partial charge on any atom is -0.345 e. The van der Waals surface area contributed by atoms with E-state index in [4.69, 9.17) is 4.98 Å². The zero-order valence-electron chi connectivity index (χ0n) is 19.6. The first kappa shape index (κ1) is 22.3. The fourth-order valence-electron chi connectivity index (χ4n) is 3.53. The number of rotatable bonds is 5. The quantitative estimate of drug-likeness (QED) is 0.416. The molecule has 4 aromatic heterocycles. The van der Waals surface area contributed by atoms with E-state index in [1.165, 1.54) is 10.9 Å². The lowest BCUT2D eigenvalue weighted by Gasteiger charge is -2.15. The molecule has 0 unspecified atom stereocenters. The Labute approximate surface area is 199 Å². The number of amides is 1. The average molecular weight is 475 g/mol. The van der Waals surface area contributed by atoms with Crippen molar-refractivity contribution in [3.63, 3.8) is 0 Å². The Bertz CT molecular complexity index is 1540. The van der Waals surface area contributed by atoms with Gasteiger partial charge in [0.15, 0.2) is 0 Å². The van der Waals surface area contributed by atoms with E-state index in [-0.39, 0.29) is 12.4 Å². The van der Waals surface area contributed by atoms with Crippen molar-refractivity contribution in [1.29, 1.82) is 0 Å². The van der Waals surface area contributed by atoms with Crippen LogP contribution in [0.2, 0.25) is 0 Å². The van der Waals surface area contributed by atoms with E-state index in [2.05, 4.69) is 30.9 Å². The van der Waals surface area contributed by atoms with Gasteiger partial charge in [0.2, 0.25) is 0 Å². The SMILES string of the molecule is Cn1cc(-c2cn3nccc3c(-c3ccc(CNC(=O)c4nnn(C(C)(C)C)n4)cc3F)n2)cn1. The number of tetrazole rings is 1. The van der Waals surface area contributed by atoms with Gasteiger partial charge >= 0.3 is 0 Å². The number of hydrogen-bond donors (Lipinski definition) is 1. The van der Waals surface area contributed by atoms with Gasteiger partial charge in [-0.3, -0.25) is 9.48 Å². The summed E-state index contributed by atoms with van der Waals surface area (Å²) in [4.78, 5) is 18.5. The van der Waals surface area contributed by atoms with Crippen molar-refractivity contribution >= 4 is 11.4 Å². The van der Waals surface area contributed by atoms with Gasteiger partial charge in [-0.2, -0.15) is 15.0 Å². The highest BCUT2D eigenvalue weighted by atomic mass is 19.1. The summed E-state index contributed by atoms with van der Waals surface area (Å²) in [6, 6.07) is 6.54. The average Bonchev–Trinajstić information content (AvgIpc) is 3.56. The van der Waals surface area contributed by atoms with Crippen molar-refractivity contribution in [2.75, 3.05) is 0 Å². The fourth-order valence-corrected chi connectivity index (χ4v) is 3.53. The first-order valence-corrected chi connectivity index (χ1v) is 10.9. The first-order chi connectivity index (χ1) is 16.7. The summed E-state index contributed by atoms with van der Waals surface area (Å²) in [6.45, 7) is 5.81. The minimum atomic E-state index is -0.489. The van der Waals surface area contributed by atoms with E-state index < -0.39 is 17.3 Å². The van der Waals surface area contributed by atoms with Crippen LogP contribution in [0.5, 0.6) is 0 Å². The molecule has 0 bridgehead atoms. The molecule has 0 aliphatic heterocycles. The zero-order chi connectivity index (χ0) is 24.7. The second kappa shape index (κ2) is 8.38. The van der Waals surface area contributed by atoms with E-state index in [0.29, 0.717) is 28.0 Å². The number of nitrogens with one attached hydrogen (secondary N) is 1. The van der Waals surface area contributed by atoms with Crippen LogP contribution in [-0.2, 0) is 19.1 Å². The van der Waals surface area contributed by atoms with E-state index in [0.717, 1.165) is 5.56 Å². The molecule has 12 heteroatoms. The molecule has 35 heavy (non-hydrogen) atoms. The van der Waals surface area contributed by atoms with Gasteiger partial charge in [-0.1, -0.05) is 6.07 Å². The predicted molar refractivity (Wildman–Crippen MR) is 125 cm³/mol. The Morgan fingerprint density at radius 3 is 2.66 bits per heavy atom. The number of aromatic nitrogens is 9. The number of nitrogens with zero attached hydrogens (tertiary/aromatic N) is 9. The van der Waals surface area contributed by atoms with Crippen molar-refractivity contribution in [2.24, 2.45) is 7.05 Å². The highest BCUT2D eigenvalue weighted by Gasteiger charge is 2.20. The first-order valence-electron chi connectivity index (χ1n) is 10.9. The van der Waals surface area contributed by atoms with Crippen LogP contribution >= 0.6 is 0 Å². The molecule has 4 heterocycles. The van der Waals surface area contributed by atoms with Crippen LogP contribution < -0.4 is 5.32 Å². The molecule has 0 saturated carbocycles. The lowest BCUT2D eigenvalue weighted by Crippen LogP contribution is -2.27. The molecular formula is C23H23FN10O. The Hall–Kier alpha value is -4.48. The second-order valence-electron chi connectivity index (χ2n) is 9.11. The largest absolute Gasteiger partial charge is 0.345 e. The number of carbonyl (C=O) groups excluding carboxylic acids is 1. The third-order valence-electron chi connectivity index (χ3n) is 5.35. The Morgan fingerprint density at radius 1 is 1.14 bits per heavy atom. The third kappa shape index (κ3) is 4.37. The minimum absolute atomic E-state index is 0.0449. The number of hydrogen-bond acceptors (Lipinski definition) is 7. The standard InChI is InChI=1S/C23H23FN10O/c1-23(2,3)34-30-21(29-31-34)22(35)25-10-14-5-6-16(17(24)9-14)20-19-7-8-26-33(19)13-18(28-20)15-11-27-32(4)12-15/h5-9,11-13H,10H2,1-4H3,(H,25,35). The summed E-state index contributed by atoms with van der Waals surface area (Å²) in [5, 5.41) is 23.0. The molecule has 178 valence electrons. The van der Waals surface area contributed by atoms with Crippen LogP contribution in [0, 0.1) is 5.82 Å². The van der Waals surface area contributed by atoms with E-state index in [1.54, 1.807) is 46.0 Å². The van der Waals surface area contributed by atoms with E-state index >= 15 is 4.39 Å². The maximum atomic E-state index is 15.3. The summed E-state index contributed by atoms with van der Waals surface area (Å²) in [7, 11) is 1.82. The Balaban J connectivity index is 1.39. The summed E-state index contributed by atoms with van der Waals surface area (Å²) in [5.41, 5.74) is 3.06. The fraction of sp³-hybridized carbons (Fsp3) is 0.261. The van der Waals surface area contributed by atoms with Gasteiger partial charge in [0, 0.05) is 30.9 Å². The van der Waals surface area contributed by atoms with Crippen molar-refractivity contribution < 1.29 is 9.18 Å². The second-order valence-corrected chi connectivity index (χ2v) is 9.11. The number of benzene rings is 1. The summed E-state index contributed by atoms with van der Waals surface area (Å²) in [6.07, 6.45) is 6.94. The van der Waals surface area contributed by atoms with Crippen LogP contribution in [0.15, 0.2) is 49.1 Å². The highest BCUT2D eigenvalue weighted by molar-refractivity contribution is 5.90. The van der Waals surface area contributed by atoms with Gasteiger partial charge in [0.05, 0.1) is 41.0 Å². The van der Waals surface area contributed by atoms with Crippen molar-refractivity contribution in [2.45, 2.75) is 32.9 Å². The monoisotopic (exact) mass is 474 g/mol. The topological polar surface area (TPSA) is 121 Å². The van der Waals surface area contributed by atoms with E-state index in [1.807, 2.05) is 34.0 Å². The van der Waals surface area contributed by atoms with Crippen LogP contribution in [0.25, 0.3) is 28.0 Å². The molecule has 1 aromatic carbocycles. The van der Waals surface area contributed by atoms with Crippen LogP contribution in [-0.4, -0.2) is 50.5 Å². The predicted octanol–water partition coefficient (Wildman–Crippen LogP) is 2.61. The number of aryl methyl sites for hydroxylation is 1. The van der Waals surface area contributed by atoms with Gasteiger partial charge in [-0.05, 0) is 49.7 Å². The molecule has 0 aliphatic carbocycles. The number of halogens is 1. The van der Waals surface area contributed by atoms with Gasteiger partial charge in [-0.15, -0.1) is 10.2 Å². The smallest absolute Gasteiger partial charge is 0.293 e. The lowest BCUT2D eigenvalue weighted by molar-refractivity contribution is 0.0939. The number of carbonyl (C=O) groups is 1. The molecule has 1 N–H and O–H groups in total. The maximum Gasteiger partial charge on any atom is 0.293 e. The summed E-state index contributed by atoms with van der Waals surface area (Å²) < 4.78 is 18.6. The molecule has 0 saturated heterocycles. The molecule has 1 amide bonds. The molecule has 5 aromatic rings. The molecule has 11 nitrogen and oxygen atoms in total. The van der Waals surface area contributed by atoms with Crippen molar-refractivity contribution in [3.8, 4) is 22.5 Å². The third-order valence-corrected chi connectivity index (χ3v) is 5.35. The van der Waals surface area contributed by atoms with Crippen LogP contribution in [0.3, 0.4) is 0 Å². The molecular weight excluding hydrogens is 451 g/mol. The van der Waals surface area contributed by atoms with Gasteiger partial charge in [-0.25, -0.2) is 13.9 Å². The summed E-state index contributed by atoms with van der Waals surface area (Å²) in [5.74, 6) is -0.999. The Kier molecular flexibility index (Phi) is 5.35. The maximum absolute atomic E-state index is 15.3. The van der Waals surface area contributed by atoms with Gasteiger partial charge in [0.1, 0.15) is 5.82 Å². The summed E-state index contributed by atoms with van der Waals surface area (Å²) >= 11 is 0. The molecule has 0 aliphatic rings. The van der Waals surface area contributed by atoms with Crippen LogP contribution in [0.4, 0.5) is 4.39 Å². The molecule has 0 radical (unpaired) electrons. The normalized spacial score (nSPS) is 11.8. The van der Waals surface area contributed by atoms with Crippen molar-refractivity contribution in [3.05, 3.63) is 66.3 Å². The molecule has 0 fully saturated rings.